The van der Waals surface area contributed by atoms with E-state index < -0.39 is 10.0 Å². The Balaban J connectivity index is 1.91. The summed E-state index contributed by atoms with van der Waals surface area (Å²) in [5, 5.41) is 8.43. The summed E-state index contributed by atoms with van der Waals surface area (Å²) in [5.41, 5.74) is 2.11. The number of rotatable bonds is 7. The maximum Gasteiger partial charge on any atom is 0.238 e. The Morgan fingerprint density at radius 1 is 1.19 bits per heavy atom. The van der Waals surface area contributed by atoms with Gasteiger partial charge in [-0.05, 0) is 35.7 Å². The van der Waals surface area contributed by atoms with Gasteiger partial charge in [0.05, 0.1) is 4.90 Å². The molecule has 0 aliphatic carbocycles. The van der Waals surface area contributed by atoms with E-state index in [1.165, 1.54) is 11.6 Å². The molecule has 0 aliphatic rings. The van der Waals surface area contributed by atoms with E-state index in [2.05, 4.69) is 35.3 Å². The zero-order valence-corrected chi connectivity index (χ0v) is 12.9. The molecular weight excluding hydrogens is 286 g/mol. The average Bonchev–Trinajstić information content (AvgIpc) is 2.86. The number of hydrogen-bond donors (Lipinski definition) is 2. The van der Waals surface area contributed by atoms with Gasteiger partial charge >= 0.3 is 0 Å². The van der Waals surface area contributed by atoms with Crippen LogP contribution in [-0.4, -0.2) is 13.0 Å². The van der Waals surface area contributed by atoms with Crippen LogP contribution in [0.1, 0.15) is 24.5 Å². The van der Waals surface area contributed by atoms with Crippen molar-refractivity contribution in [1.82, 2.24) is 9.88 Å². The van der Waals surface area contributed by atoms with Crippen LogP contribution in [0.3, 0.4) is 0 Å². The van der Waals surface area contributed by atoms with Crippen molar-refractivity contribution in [2.24, 2.45) is 5.14 Å². The van der Waals surface area contributed by atoms with Crippen LogP contribution in [0.4, 0.5) is 0 Å². The van der Waals surface area contributed by atoms with Gasteiger partial charge in [0.15, 0.2) is 0 Å². The van der Waals surface area contributed by atoms with E-state index in [-0.39, 0.29) is 4.90 Å². The van der Waals surface area contributed by atoms with E-state index in [1.54, 1.807) is 12.1 Å². The van der Waals surface area contributed by atoms with E-state index in [0.717, 1.165) is 25.1 Å². The molecule has 21 heavy (non-hydrogen) atoms. The van der Waals surface area contributed by atoms with E-state index in [1.807, 2.05) is 6.07 Å². The third-order valence-electron chi connectivity index (χ3n) is 3.18. The average molecular weight is 307 g/mol. The molecule has 0 saturated carbocycles. The van der Waals surface area contributed by atoms with Crippen molar-refractivity contribution >= 4 is 10.0 Å². The van der Waals surface area contributed by atoms with Crippen molar-refractivity contribution in [1.29, 1.82) is 0 Å². The molecule has 2 rings (SSSR count). The second kappa shape index (κ2) is 6.89. The summed E-state index contributed by atoms with van der Waals surface area (Å²) in [5.74, 6) is 0. The Kier molecular flexibility index (Phi) is 5.17. The highest BCUT2D eigenvalue weighted by Gasteiger charge is 2.07. The quantitative estimate of drug-likeness (QED) is 0.819. The van der Waals surface area contributed by atoms with Crippen LogP contribution in [0.5, 0.6) is 0 Å². The summed E-state index contributed by atoms with van der Waals surface area (Å²) in [7, 11) is -3.64. The standard InChI is InChI=1S/C15H21N3O2S/c1-2-7-18-8-6-14(12-18)11-17-10-13-4-3-5-15(9-13)21(16,19)20/h3-6,8-9,12,17H,2,7,10-11H2,1H3,(H2,16,19,20). The summed E-state index contributed by atoms with van der Waals surface area (Å²) in [4.78, 5) is 0.149. The highest BCUT2D eigenvalue weighted by Crippen LogP contribution is 2.10. The molecule has 0 radical (unpaired) electrons. The highest BCUT2D eigenvalue weighted by atomic mass is 32.2. The molecular formula is C15H21N3O2S. The summed E-state index contributed by atoms with van der Waals surface area (Å²) >= 11 is 0. The number of nitrogens with one attached hydrogen (secondary N) is 1. The molecule has 0 aliphatic heterocycles. The molecule has 0 atom stereocenters. The Hall–Kier alpha value is -1.63. The van der Waals surface area contributed by atoms with E-state index in [4.69, 9.17) is 5.14 Å². The summed E-state index contributed by atoms with van der Waals surface area (Å²) in [6.07, 6.45) is 5.31. The normalized spacial score (nSPS) is 11.7. The van der Waals surface area contributed by atoms with Crippen molar-refractivity contribution in [2.75, 3.05) is 0 Å². The number of sulfonamides is 1. The first-order chi connectivity index (χ1) is 9.99. The fourth-order valence-corrected chi connectivity index (χ4v) is 2.76. The maximum atomic E-state index is 11.3. The molecule has 3 N–H and O–H groups in total. The molecule has 0 unspecified atom stereocenters. The SMILES string of the molecule is CCCn1ccc(CNCc2cccc(S(N)(=O)=O)c2)c1. The minimum atomic E-state index is -3.64. The number of nitrogens with two attached hydrogens (primary N) is 1. The van der Waals surface area contributed by atoms with Gasteiger partial charge in [-0.3, -0.25) is 0 Å². The lowest BCUT2D eigenvalue weighted by atomic mass is 10.2. The topological polar surface area (TPSA) is 77.1 Å². The summed E-state index contributed by atoms with van der Waals surface area (Å²) in [6, 6.07) is 8.77. The van der Waals surface area contributed by atoms with E-state index >= 15 is 0 Å². The van der Waals surface area contributed by atoms with Crippen molar-refractivity contribution in [3.8, 4) is 0 Å². The first kappa shape index (κ1) is 15.8. The van der Waals surface area contributed by atoms with Crippen LogP contribution in [0.2, 0.25) is 0 Å². The van der Waals surface area contributed by atoms with Crippen LogP contribution >= 0.6 is 0 Å². The Bertz CT molecular complexity index is 692. The zero-order valence-electron chi connectivity index (χ0n) is 12.1. The maximum absolute atomic E-state index is 11.3. The first-order valence-corrected chi connectivity index (χ1v) is 8.51. The fraction of sp³-hybridized carbons (Fsp3) is 0.333. The Morgan fingerprint density at radius 2 is 1.95 bits per heavy atom. The molecule has 2 aromatic rings. The van der Waals surface area contributed by atoms with Crippen LogP contribution in [-0.2, 0) is 29.7 Å². The molecule has 0 spiro atoms. The van der Waals surface area contributed by atoms with Crippen molar-refractivity contribution < 1.29 is 8.42 Å². The van der Waals surface area contributed by atoms with Crippen LogP contribution < -0.4 is 10.5 Å². The Labute approximate surface area is 125 Å². The van der Waals surface area contributed by atoms with Gasteiger partial charge in [-0.2, -0.15) is 0 Å². The van der Waals surface area contributed by atoms with Gasteiger partial charge < -0.3 is 9.88 Å². The zero-order chi connectivity index (χ0) is 15.3. The van der Waals surface area contributed by atoms with E-state index in [0.29, 0.717) is 6.54 Å². The van der Waals surface area contributed by atoms with Gasteiger partial charge in [0.25, 0.3) is 0 Å². The first-order valence-electron chi connectivity index (χ1n) is 6.96. The van der Waals surface area contributed by atoms with Crippen LogP contribution in [0, 0.1) is 0 Å². The van der Waals surface area contributed by atoms with Crippen LogP contribution in [0.25, 0.3) is 0 Å². The number of primary sulfonamides is 1. The highest BCUT2D eigenvalue weighted by molar-refractivity contribution is 7.89. The van der Waals surface area contributed by atoms with Crippen molar-refractivity contribution in [3.05, 3.63) is 53.9 Å². The lowest BCUT2D eigenvalue weighted by Gasteiger charge is -2.05. The van der Waals surface area contributed by atoms with Gasteiger partial charge in [0.1, 0.15) is 0 Å². The number of benzene rings is 1. The van der Waals surface area contributed by atoms with Crippen molar-refractivity contribution in [3.63, 3.8) is 0 Å². The molecule has 5 nitrogen and oxygen atoms in total. The number of aryl methyl sites for hydroxylation is 1. The summed E-state index contributed by atoms with van der Waals surface area (Å²) < 4.78 is 24.8. The monoisotopic (exact) mass is 307 g/mol. The van der Waals surface area contributed by atoms with E-state index in [9.17, 15) is 8.42 Å². The van der Waals surface area contributed by atoms with Gasteiger partial charge in [-0.1, -0.05) is 19.1 Å². The smallest absolute Gasteiger partial charge is 0.238 e. The van der Waals surface area contributed by atoms with Crippen LogP contribution in [0.15, 0.2) is 47.6 Å². The molecule has 0 amide bonds. The Morgan fingerprint density at radius 3 is 2.67 bits per heavy atom. The third kappa shape index (κ3) is 4.70. The number of hydrogen-bond acceptors (Lipinski definition) is 3. The second-order valence-corrected chi connectivity index (χ2v) is 6.61. The molecule has 114 valence electrons. The van der Waals surface area contributed by atoms with Gasteiger partial charge in [0, 0.05) is 32.0 Å². The molecule has 0 bridgehead atoms. The number of aromatic nitrogens is 1. The van der Waals surface area contributed by atoms with Crippen molar-refractivity contribution in [2.45, 2.75) is 37.9 Å². The predicted octanol–water partition coefficient (Wildman–Crippen LogP) is 1.84. The van der Waals surface area contributed by atoms with Gasteiger partial charge in [-0.25, -0.2) is 13.6 Å². The van der Waals surface area contributed by atoms with Gasteiger partial charge in [0.2, 0.25) is 10.0 Å². The predicted molar refractivity (Wildman–Crippen MR) is 83.1 cm³/mol. The van der Waals surface area contributed by atoms with Gasteiger partial charge in [-0.15, -0.1) is 0 Å². The molecule has 1 aromatic heterocycles. The molecule has 6 heteroatoms. The minimum Gasteiger partial charge on any atom is -0.354 e. The largest absolute Gasteiger partial charge is 0.354 e. The lowest BCUT2D eigenvalue weighted by Crippen LogP contribution is -2.15. The molecule has 1 aromatic carbocycles. The lowest BCUT2D eigenvalue weighted by molar-refractivity contribution is 0.597. The third-order valence-corrected chi connectivity index (χ3v) is 4.09. The molecule has 0 fully saturated rings. The fourth-order valence-electron chi connectivity index (χ4n) is 2.18. The second-order valence-electron chi connectivity index (χ2n) is 5.05. The molecule has 1 heterocycles. The number of nitrogens with zero attached hydrogens (tertiary/aromatic N) is 1. The minimum absolute atomic E-state index is 0.149. The summed E-state index contributed by atoms with van der Waals surface area (Å²) in [6.45, 7) is 4.52. The molecule has 0 saturated heterocycles.